The highest BCUT2D eigenvalue weighted by molar-refractivity contribution is 4.96. The molecule has 0 saturated carbocycles. The molecule has 0 aromatic carbocycles. The summed E-state index contributed by atoms with van der Waals surface area (Å²) in [4.78, 5) is 0. The maximum Gasteiger partial charge on any atom is 0.0490 e. The number of H-pyrrole nitrogens is 1. The zero-order valence-corrected chi connectivity index (χ0v) is 9.50. The average Bonchev–Trinajstić information content (AvgIpc) is 2.74. The van der Waals surface area contributed by atoms with Crippen LogP contribution in [-0.2, 0) is 6.54 Å². The molecule has 1 unspecified atom stereocenters. The minimum absolute atomic E-state index is 0.568. The van der Waals surface area contributed by atoms with E-state index in [1.165, 1.54) is 19.3 Å². The van der Waals surface area contributed by atoms with Crippen LogP contribution >= 0.6 is 0 Å². The highest BCUT2D eigenvalue weighted by Gasteiger charge is 2.01. The predicted molar refractivity (Wildman–Crippen MR) is 63.6 cm³/mol. The van der Waals surface area contributed by atoms with E-state index < -0.39 is 0 Å². The number of hydrogen-bond acceptors (Lipinski definition) is 2. The summed E-state index contributed by atoms with van der Waals surface area (Å²) in [7, 11) is 0. The topological polar surface area (TPSA) is 40.7 Å². The third kappa shape index (κ3) is 5.37. The van der Waals surface area contributed by atoms with Gasteiger partial charge in [0.25, 0.3) is 0 Å². The molecule has 84 valence electrons. The van der Waals surface area contributed by atoms with Crippen LogP contribution in [0.3, 0.4) is 0 Å². The standard InChI is InChI=1S/C12H21N3/c1-3-4-5-6-7-11(2)13-10-12-8-9-14-15-12/h3,8-9,11,13H,1,4-7,10H2,2H3,(H,14,15). The molecule has 1 aromatic heterocycles. The van der Waals surface area contributed by atoms with Crippen LogP contribution < -0.4 is 5.32 Å². The summed E-state index contributed by atoms with van der Waals surface area (Å²) in [5.74, 6) is 0. The summed E-state index contributed by atoms with van der Waals surface area (Å²) in [6, 6.07) is 2.57. The summed E-state index contributed by atoms with van der Waals surface area (Å²) >= 11 is 0. The van der Waals surface area contributed by atoms with E-state index in [1.54, 1.807) is 6.20 Å². The smallest absolute Gasteiger partial charge is 0.0490 e. The van der Waals surface area contributed by atoms with Crippen molar-refractivity contribution in [1.29, 1.82) is 0 Å². The Morgan fingerprint density at radius 1 is 1.60 bits per heavy atom. The monoisotopic (exact) mass is 207 g/mol. The Hall–Kier alpha value is -1.09. The first kappa shape index (κ1) is 12.0. The molecule has 15 heavy (non-hydrogen) atoms. The van der Waals surface area contributed by atoms with Crippen LogP contribution in [0.5, 0.6) is 0 Å². The number of hydrogen-bond donors (Lipinski definition) is 2. The molecule has 0 radical (unpaired) electrons. The second kappa shape index (κ2) is 7.23. The van der Waals surface area contributed by atoms with E-state index in [2.05, 4.69) is 29.0 Å². The van der Waals surface area contributed by atoms with Gasteiger partial charge in [-0.25, -0.2) is 0 Å². The molecule has 3 nitrogen and oxygen atoms in total. The Bertz CT molecular complexity index is 254. The van der Waals surface area contributed by atoms with Crippen molar-refractivity contribution in [3.05, 3.63) is 30.6 Å². The second-order valence-corrected chi connectivity index (χ2v) is 3.94. The van der Waals surface area contributed by atoms with Crippen molar-refractivity contribution in [1.82, 2.24) is 15.5 Å². The molecule has 0 aliphatic rings. The molecule has 1 rings (SSSR count). The molecule has 0 aliphatic carbocycles. The second-order valence-electron chi connectivity index (χ2n) is 3.94. The fraction of sp³-hybridized carbons (Fsp3) is 0.583. The van der Waals surface area contributed by atoms with E-state index in [9.17, 15) is 0 Å². The zero-order chi connectivity index (χ0) is 10.9. The van der Waals surface area contributed by atoms with Gasteiger partial charge in [0.05, 0.1) is 0 Å². The molecule has 3 heteroatoms. The number of allylic oxidation sites excluding steroid dienone is 1. The van der Waals surface area contributed by atoms with E-state index in [0.29, 0.717) is 6.04 Å². The molecular weight excluding hydrogens is 186 g/mol. The first-order chi connectivity index (χ1) is 7.33. The number of unbranched alkanes of at least 4 members (excludes halogenated alkanes) is 2. The van der Waals surface area contributed by atoms with Gasteiger partial charge in [0, 0.05) is 24.5 Å². The zero-order valence-electron chi connectivity index (χ0n) is 9.50. The van der Waals surface area contributed by atoms with Crippen LogP contribution in [0.2, 0.25) is 0 Å². The van der Waals surface area contributed by atoms with Crippen molar-refractivity contribution >= 4 is 0 Å². The maximum atomic E-state index is 3.91. The first-order valence-corrected chi connectivity index (χ1v) is 5.65. The molecule has 1 aromatic rings. The van der Waals surface area contributed by atoms with Crippen LogP contribution in [0.15, 0.2) is 24.9 Å². The lowest BCUT2D eigenvalue weighted by molar-refractivity contribution is 0.487. The van der Waals surface area contributed by atoms with Crippen molar-refractivity contribution in [2.75, 3.05) is 0 Å². The molecule has 0 amide bonds. The van der Waals surface area contributed by atoms with Crippen molar-refractivity contribution in [3.8, 4) is 0 Å². The van der Waals surface area contributed by atoms with Crippen LogP contribution in [-0.4, -0.2) is 16.2 Å². The molecule has 2 N–H and O–H groups in total. The van der Waals surface area contributed by atoms with Gasteiger partial charge in [-0.05, 0) is 32.3 Å². The molecule has 1 heterocycles. The molecule has 0 aliphatic heterocycles. The Morgan fingerprint density at radius 2 is 2.47 bits per heavy atom. The number of aromatic amines is 1. The highest BCUT2D eigenvalue weighted by Crippen LogP contribution is 2.04. The summed E-state index contributed by atoms with van der Waals surface area (Å²) in [5.41, 5.74) is 1.15. The Labute approximate surface area is 92.0 Å². The van der Waals surface area contributed by atoms with Gasteiger partial charge >= 0.3 is 0 Å². The number of nitrogens with one attached hydrogen (secondary N) is 2. The predicted octanol–water partition coefficient (Wildman–Crippen LogP) is 2.63. The normalized spacial score (nSPS) is 12.6. The fourth-order valence-corrected chi connectivity index (χ4v) is 1.51. The summed E-state index contributed by atoms with van der Waals surface area (Å²) in [6.45, 7) is 6.82. The lowest BCUT2D eigenvalue weighted by Gasteiger charge is -2.12. The molecule has 0 fully saturated rings. The van der Waals surface area contributed by atoms with Gasteiger partial charge in [0.15, 0.2) is 0 Å². The summed E-state index contributed by atoms with van der Waals surface area (Å²) in [5, 5.41) is 10.3. The lowest BCUT2D eigenvalue weighted by atomic mass is 10.1. The highest BCUT2D eigenvalue weighted by atomic mass is 15.1. The maximum absolute atomic E-state index is 3.91. The molecule has 0 bridgehead atoms. The van der Waals surface area contributed by atoms with Crippen LogP contribution in [0.25, 0.3) is 0 Å². The van der Waals surface area contributed by atoms with Gasteiger partial charge in [-0.3, -0.25) is 5.10 Å². The molecule has 0 saturated heterocycles. The van der Waals surface area contributed by atoms with Crippen LogP contribution in [0, 0.1) is 0 Å². The summed E-state index contributed by atoms with van der Waals surface area (Å²) in [6.07, 6.45) is 8.65. The van der Waals surface area contributed by atoms with Crippen molar-refractivity contribution in [2.24, 2.45) is 0 Å². The summed E-state index contributed by atoms with van der Waals surface area (Å²) < 4.78 is 0. The van der Waals surface area contributed by atoms with Gasteiger partial charge in [0.2, 0.25) is 0 Å². The average molecular weight is 207 g/mol. The Morgan fingerprint density at radius 3 is 3.13 bits per heavy atom. The fourth-order valence-electron chi connectivity index (χ4n) is 1.51. The largest absolute Gasteiger partial charge is 0.309 e. The van der Waals surface area contributed by atoms with Gasteiger partial charge in [-0.2, -0.15) is 5.10 Å². The van der Waals surface area contributed by atoms with Crippen molar-refractivity contribution in [3.63, 3.8) is 0 Å². The van der Waals surface area contributed by atoms with Gasteiger partial charge < -0.3 is 5.32 Å². The van der Waals surface area contributed by atoms with E-state index in [-0.39, 0.29) is 0 Å². The third-order valence-corrected chi connectivity index (χ3v) is 2.49. The minimum Gasteiger partial charge on any atom is -0.309 e. The van der Waals surface area contributed by atoms with Crippen molar-refractivity contribution in [2.45, 2.75) is 45.2 Å². The van der Waals surface area contributed by atoms with E-state index in [1.807, 2.05) is 12.1 Å². The number of nitrogens with zero attached hydrogens (tertiary/aromatic N) is 1. The van der Waals surface area contributed by atoms with Gasteiger partial charge in [-0.1, -0.05) is 12.5 Å². The first-order valence-electron chi connectivity index (χ1n) is 5.65. The van der Waals surface area contributed by atoms with E-state index >= 15 is 0 Å². The van der Waals surface area contributed by atoms with Gasteiger partial charge in [-0.15, -0.1) is 6.58 Å². The minimum atomic E-state index is 0.568. The van der Waals surface area contributed by atoms with Crippen LogP contribution in [0.1, 0.15) is 38.3 Å². The molecule has 1 atom stereocenters. The number of aromatic nitrogens is 2. The number of rotatable bonds is 8. The molecular formula is C12H21N3. The van der Waals surface area contributed by atoms with E-state index in [0.717, 1.165) is 18.7 Å². The van der Waals surface area contributed by atoms with E-state index in [4.69, 9.17) is 0 Å². The lowest BCUT2D eigenvalue weighted by Crippen LogP contribution is -2.25. The third-order valence-electron chi connectivity index (χ3n) is 2.49. The Balaban J connectivity index is 2.03. The van der Waals surface area contributed by atoms with Gasteiger partial charge in [0.1, 0.15) is 0 Å². The Kier molecular flexibility index (Phi) is 5.78. The van der Waals surface area contributed by atoms with Crippen LogP contribution in [0.4, 0.5) is 0 Å². The van der Waals surface area contributed by atoms with Crippen molar-refractivity contribution < 1.29 is 0 Å². The SMILES string of the molecule is C=CCCCCC(C)NCc1ccn[nH]1. The molecule has 0 spiro atoms. The quantitative estimate of drug-likeness (QED) is 0.508.